The summed E-state index contributed by atoms with van der Waals surface area (Å²) in [7, 11) is 0. The third-order valence-electron chi connectivity index (χ3n) is 2.87. The first-order chi connectivity index (χ1) is 7.74. The number of benzene rings is 1. The Morgan fingerprint density at radius 1 is 1.38 bits per heavy atom. The molecule has 1 aliphatic carbocycles. The Hall–Kier alpha value is -0.670. The fraction of sp³-hybridized carbons (Fsp3) is 0.308. The van der Waals surface area contributed by atoms with Gasteiger partial charge in [-0.15, -0.1) is 11.3 Å². The third kappa shape index (κ3) is 1.94. The highest BCUT2D eigenvalue weighted by Gasteiger charge is 2.26. The topological polar surface area (TPSA) is 12.9 Å². The largest absolute Gasteiger partial charge is 0.241 e. The lowest BCUT2D eigenvalue weighted by atomic mass is 10.1. The molecule has 3 rings (SSSR count). The molecular formula is C13H12BrNS. The molecule has 1 aromatic carbocycles. The third-order valence-corrected chi connectivity index (χ3v) is 4.42. The van der Waals surface area contributed by atoms with E-state index in [0.29, 0.717) is 0 Å². The average Bonchev–Trinajstić information content (AvgIpc) is 2.98. The summed E-state index contributed by atoms with van der Waals surface area (Å²) >= 11 is 5.36. The zero-order valence-corrected chi connectivity index (χ0v) is 11.4. The summed E-state index contributed by atoms with van der Waals surface area (Å²) in [4.78, 5) is 4.72. The Bertz CT molecular complexity index is 528. The Morgan fingerprint density at radius 3 is 2.88 bits per heavy atom. The predicted octanol–water partition coefficient (Wildman–Crippen LogP) is 4.76. The lowest BCUT2D eigenvalue weighted by Crippen LogP contribution is -1.82. The van der Waals surface area contributed by atoms with Gasteiger partial charge in [0.15, 0.2) is 0 Å². The number of aryl methyl sites for hydroxylation is 1. The first-order valence-electron chi connectivity index (χ1n) is 5.46. The van der Waals surface area contributed by atoms with Crippen molar-refractivity contribution in [1.29, 1.82) is 0 Å². The lowest BCUT2D eigenvalue weighted by Gasteiger charge is -2.01. The number of rotatable bonds is 2. The number of hydrogen-bond acceptors (Lipinski definition) is 2. The minimum Gasteiger partial charge on any atom is -0.241 e. The summed E-state index contributed by atoms with van der Waals surface area (Å²) in [5.41, 5.74) is 3.77. The van der Waals surface area contributed by atoms with E-state index >= 15 is 0 Å². The molecule has 1 saturated carbocycles. The van der Waals surface area contributed by atoms with Crippen molar-refractivity contribution in [1.82, 2.24) is 4.98 Å². The highest BCUT2D eigenvalue weighted by atomic mass is 79.9. The van der Waals surface area contributed by atoms with Gasteiger partial charge < -0.3 is 0 Å². The van der Waals surface area contributed by atoms with Crippen LogP contribution in [0, 0.1) is 6.92 Å². The van der Waals surface area contributed by atoms with Crippen LogP contribution in [0.3, 0.4) is 0 Å². The molecule has 1 aliphatic rings. The van der Waals surface area contributed by atoms with Gasteiger partial charge in [0, 0.05) is 21.3 Å². The number of aromatic nitrogens is 1. The van der Waals surface area contributed by atoms with Crippen LogP contribution in [-0.4, -0.2) is 4.98 Å². The highest BCUT2D eigenvalue weighted by Crippen LogP contribution is 2.42. The molecule has 0 spiro atoms. The quantitative estimate of drug-likeness (QED) is 0.778. The van der Waals surface area contributed by atoms with E-state index in [1.807, 2.05) is 0 Å². The Morgan fingerprint density at radius 2 is 2.19 bits per heavy atom. The van der Waals surface area contributed by atoms with Crippen LogP contribution in [0.1, 0.15) is 30.0 Å². The normalized spacial score (nSPS) is 15.4. The molecule has 3 heteroatoms. The maximum atomic E-state index is 4.72. The standard InChI is InChI=1S/C13H12BrNS/c1-8-2-5-10(11(14)6-8)13-15-12(7-16-13)9-3-4-9/h2,5-7,9H,3-4H2,1H3. The fourth-order valence-electron chi connectivity index (χ4n) is 1.77. The lowest BCUT2D eigenvalue weighted by molar-refractivity contribution is 1.05. The molecule has 0 unspecified atom stereocenters. The summed E-state index contributed by atoms with van der Waals surface area (Å²) in [6.07, 6.45) is 2.64. The molecule has 0 bridgehead atoms. The van der Waals surface area contributed by atoms with Gasteiger partial charge in [-0.05, 0) is 31.4 Å². The van der Waals surface area contributed by atoms with Crippen LogP contribution in [0.15, 0.2) is 28.1 Å². The van der Waals surface area contributed by atoms with Crippen molar-refractivity contribution < 1.29 is 0 Å². The van der Waals surface area contributed by atoms with Gasteiger partial charge in [-0.25, -0.2) is 4.98 Å². The minimum absolute atomic E-state index is 0.745. The van der Waals surface area contributed by atoms with Gasteiger partial charge in [-0.2, -0.15) is 0 Å². The van der Waals surface area contributed by atoms with E-state index in [0.717, 1.165) is 15.4 Å². The second-order valence-corrected chi connectivity index (χ2v) is 6.05. The van der Waals surface area contributed by atoms with Crippen LogP contribution in [-0.2, 0) is 0 Å². The Kier molecular flexibility index (Phi) is 2.60. The monoisotopic (exact) mass is 293 g/mol. The molecule has 0 saturated heterocycles. The first-order valence-corrected chi connectivity index (χ1v) is 7.13. The smallest absolute Gasteiger partial charge is 0.124 e. The van der Waals surface area contributed by atoms with Crippen LogP contribution in [0.4, 0.5) is 0 Å². The Labute approximate surface area is 108 Å². The van der Waals surface area contributed by atoms with Crippen molar-refractivity contribution in [3.05, 3.63) is 39.3 Å². The average molecular weight is 294 g/mol. The van der Waals surface area contributed by atoms with E-state index in [4.69, 9.17) is 4.98 Å². The summed E-state index contributed by atoms with van der Waals surface area (Å²) < 4.78 is 1.14. The van der Waals surface area contributed by atoms with E-state index in [9.17, 15) is 0 Å². The zero-order chi connectivity index (χ0) is 11.1. The number of hydrogen-bond donors (Lipinski definition) is 0. The second kappa shape index (κ2) is 3.97. The van der Waals surface area contributed by atoms with Crippen LogP contribution >= 0.6 is 27.3 Å². The van der Waals surface area contributed by atoms with Crippen LogP contribution < -0.4 is 0 Å². The highest BCUT2D eigenvalue weighted by molar-refractivity contribution is 9.10. The van der Waals surface area contributed by atoms with Gasteiger partial charge >= 0.3 is 0 Å². The van der Waals surface area contributed by atoms with E-state index in [2.05, 4.69) is 46.4 Å². The van der Waals surface area contributed by atoms with Crippen molar-refractivity contribution in [3.8, 4) is 10.6 Å². The van der Waals surface area contributed by atoms with Gasteiger partial charge in [0.2, 0.25) is 0 Å². The first kappa shape index (κ1) is 10.5. The molecule has 0 amide bonds. The van der Waals surface area contributed by atoms with Gasteiger partial charge in [0.05, 0.1) is 5.69 Å². The Balaban J connectivity index is 2.00. The molecule has 1 fully saturated rings. The molecule has 0 N–H and O–H groups in total. The number of nitrogens with zero attached hydrogens (tertiary/aromatic N) is 1. The molecular weight excluding hydrogens is 282 g/mol. The SMILES string of the molecule is Cc1ccc(-c2nc(C3CC3)cs2)c(Br)c1. The van der Waals surface area contributed by atoms with Crippen LogP contribution in [0.25, 0.3) is 10.6 Å². The van der Waals surface area contributed by atoms with Crippen LogP contribution in [0.2, 0.25) is 0 Å². The minimum atomic E-state index is 0.745. The maximum absolute atomic E-state index is 4.72. The van der Waals surface area contributed by atoms with Crippen molar-refractivity contribution in [2.24, 2.45) is 0 Å². The molecule has 0 atom stereocenters. The van der Waals surface area contributed by atoms with Gasteiger partial charge in [-0.3, -0.25) is 0 Å². The second-order valence-electron chi connectivity index (χ2n) is 4.34. The predicted molar refractivity (Wildman–Crippen MR) is 72.0 cm³/mol. The van der Waals surface area contributed by atoms with Crippen LogP contribution in [0.5, 0.6) is 0 Å². The fourth-order valence-corrected chi connectivity index (χ4v) is 3.52. The van der Waals surface area contributed by atoms with E-state index < -0.39 is 0 Å². The van der Waals surface area contributed by atoms with Gasteiger partial charge in [0.25, 0.3) is 0 Å². The van der Waals surface area contributed by atoms with E-state index in [1.54, 1.807) is 11.3 Å². The molecule has 0 radical (unpaired) electrons. The maximum Gasteiger partial charge on any atom is 0.124 e. The molecule has 2 aromatic rings. The van der Waals surface area contributed by atoms with E-state index in [1.165, 1.54) is 29.7 Å². The van der Waals surface area contributed by atoms with Crippen molar-refractivity contribution in [2.75, 3.05) is 0 Å². The van der Waals surface area contributed by atoms with Crippen molar-refractivity contribution in [3.63, 3.8) is 0 Å². The molecule has 0 aliphatic heterocycles. The summed E-state index contributed by atoms with van der Waals surface area (Å²) in [5.74, 6) is 0.745. The number of halogens is 1. The summed E-state index contributed by atoms with van der Waals surface area (Å²) in [6.45, 7) is 2.10. The molecule has 1 nitrogen and oxygen atoms in total. The summed E-state index contributed by atoms with van der Waals surface area (Å²) in [6, 6.07) is 6.43. The zero-order valence-electron chi connectivity index (χ0n) is 9.03. The van der Waals surface area contributed by atoms with Crippen molar-refractivity contribution in [2.45, 2.75) is 25.7 Å². The molecule has 82 valence electrons. The number of thiazole rings is 1. The van der Waals surface area contributed by atoms with Gasteiger partial charge in [0.1, 0.15) is 5.01 Å². The molecule has 16 heavy (non-hydrogen) atoms. The molecule has 1 aromatic heterocycles. The summed E-state index contributed by atoms with van der Waals surface area (Å²) in [5, 5.41) is 3.34. The van der Waals surface area contributed by atoms with Crippen molar-refractivity contribution >= 4 is 27.3 Å². The van der Waals surface area contributed by atoms with Gasteiger partial charge in [-0.1, -0.05) is 28.1 Å². The van der Waals surface area contributed by atoms with E-state index in [-0.39, 0.29) is 0 Å². The molecule has 1 heterocycles.